The fraction of sp³-hybridized carbons (Fsp3) is 0.429. The molecule has 16 heavy (non-hydrogen) atoms. The number of fused-ring (bicyclic) bond motifs is 1. The lowest BCUT2D eigenvalue weighted by Crippen LogP contribution is -2.10. The summed E-state index contributed by atoms with van der Waals surface area (Å²) < 4.78 is 2.30. The van der Waals surface area contributed by atoms with Gasteiger partial charge in [-0.15, -0.1) is 0 Å². The Morgan fingerprint density at radius 1 is 1.25 bits per heavy atom. The molecule has 86 valence electrons. The van der Waals surface area contributed by atoms with Crippen molar-refractivity contribution in [1.82, 2.24) is 9.88 Å². The Morgan fingerprint density at radius 3 is 2.69 bits per heavy atom. The topological polar surface area (TPSA) is 17.0 Å². The molecule has 1 heterocycles. The number of nitrogens with zero attached hydrogens (tertiary/aromatic N) is 1. The van der Waals surface area contributed by atoms with E-state index >= 15 is 0 Å². The Morgan fingerprint density at radius 2 is 2.00 bits per heavy atom. The lowest BCUT2D eigenvalue weighted by atomic mass is 10.1. The smallest absolute Gasteiger partial charge is 0.0485 e. The molecule has 2 nitrogen and oxygen atoms in total. The highest BCUT2D eigenvalue weighted by Gasteiger charge is 2.10. The number of benzene rings is 1. The monoisotopic (exact) mass is 216 g/mol. The molecule has 2 aromatic rings. The lowest BCUT2D eigenvalue weighted by Gasteiger charge is -2.01. The first-order valence-electron chi connectivity index (χ1n) is 5.84. The summed E-state index contributed by atoms with van der Waals surface area (Å²) in [6, 6.07) is 6.72. The van der Waals surface area contributed by atoms with E-state index in [2.05, 4.69) is 49.0 Å². The van der Waals surface area contributed by atoms with Gasteiger partial charge in [0.1, 0.15) is 0 Å². The first-order chi connectivity index (χ1) is 7.65. The lowest BCUT2D eigenvalue weighted by molar-refractivity contribution is 0.783. The van der Waals surface area contributed by atoms with E-state index in [1.165, 1.54) is 27.7 Å². The van der Waals surface area contributed by atoms with Gasteiger partial charge in [-0.25, -0.2) is 0 Å². The highest BCUT2D eigenvalue weighted by molar-refractivity contribution is 5.86. The number of likely N-dealkylation sites (N-methyl/N-ethyl adjacent to an activating group) is 1. The van der Waals surface area contributed by atoms with Gasteiger partial charge >= 0.3 is 0 Å². The molecule has 0 saturated heterocycles. The van der Waals surface area contributed by atoms with Crippen LogP contribution in [0.2, 0.25) is 0 Å². The highest BCUT2D eigenvalue weighted by atomic mass is 14.9. The van der Waals surface area contributed by atoms with Crippen LogP contribution in [0.1, 0.15) is 16.8 Å². The molecule has 0 spiro atoms. The van der Waals surface area contributed by atoms with E-state index in [-0.39, 0.29) is 0 Å². The van der Waals surface area contributed by atoms with Gasteiger partial charge in [-0.05, 0) is 51.1 Å². The van der Waals surface area contributed by atoms with Crippen molar-refractivity contribution in [2.45, 2.75) is 20.3 Å². The minimum absolute atomic E-state index is 1.04. The molecule has 1 aromatic carbocycles. The van der Waals surface area contributed by atoms with E-state index in [1.807, 2.05) is 7.05 Å². The average Bonchev–Trinajstić information content (AvgIpc) is 2.50. The van der Waals surface area contributed by atoms with E-state index in [0.29, 0.717) is 0 Å². The Bertz CT molecular complexity index is 509. The van der Waals surface area contributed by atoms with Crippen LogP contribution in [0.5, 0.6) is 0 Å². The molecule has 0 unspecified atom stereocenters. The number of aromatic nitrogens is 1. The van der Waals surface area contributed by atoms with Gasteiger partial charge in [0, 0.05) is 23.6 Å². The predicted molar refractivity (Wildman–Crippen MR) is 70.0 cm³/mol. The Hall–Kier alpha value is -1.28. The molecule has 0 aliphatic heterocycles. The molecule has 1 aromatic heterocycles. The first kappa shape index (κ1) is 11.2. The normalized spacial score (nSPS) is 11.2. The van der Waals surface area contributed by atoms with E-state index in [9.17, 15) is 0 Å². The molecule has 0 fully saturated rings. The van der Waals surface area contributed by atoms with Crippen LogP contribution >= 0.6 is 0 Å². The highest BCUT2D eigenvalue weighted by Crippen LogP contribution is 2.25. The molecule has 2 rings (SSSR count). The Balaban J connectivity index is 2.59. The zero-order chi connectivity index (χ0) is 11.7. The third-order valence-electron chi connectivity index (χ3n) is 3.40. The van der Waals surface area contributed by atoms with Crippen molar-refractivity contribution in [1.29, 1.82) is 0 Å². The number of hydrogen-bond donors (Lipinski definition) is 1. The second-order valence-corrected chi connectivity index (χ2v) is 4.50. The van der Waals surface area contributed by atoms with Gasteiger partial charge in [-0.2, -0.15) is 0 Å². The van der Waals surface area contributed by atoms with Crippen molar-refractivity contribution >= 4 is 10.9 Å². The fourth-order valence-electron chi connectivity index (χ4n) is 2.32. The van der Waals surface area contributed by atoms with Crippen molar-refractivity contribution in [3.8, 4) is 0 Å². The van der Waals surface area contributed by atoms with E-state index in [4.69, 9.17) is 0 Å². The summed E-state index contributed by atoms with van der Waals surface area (Å²) in [4.78, 5) is 0. The summed E-state index contributed by atoms with van der Waals surface area (Å²) in [7, 11) is 4.16. The maximum atomic E-state index is 3.22. The van der Waals surface area contributed by atoms with Crippen molar-refractivity contribution < 1.29 is 0 Å². The van der Waals surface area contributed by atoms with Gasteiger partial charge in [0.05, 0.1) is 0 Å². The van der Waals surface area contributed by atoms with Crippen molar-refractivity contribution in [2.24, 2.45) is 7.05 Å². The molecule has 0 aliphatic rings. The minimum atomic E-state index is 1.04. The Kier molecular flexibility index (Phi) is 3.01. The van der Waals surface area contributed by atoms with Gasteiger partial charge in [0.15, 0.2) is 0 Å². The molecule has 0 amide bonds. The van der Waals surface area contributed by atoms with Crippen LogP contribution in [0.3, 0.4) is 0 Å². The van der Waals surface area contributed by atoms with E-state index in [0.717, 1.165) is 13.0 Å². The molecule has 2 heteroatoms. The zero-order valence-corrected chi connectivity index (χ0v) is 10.6. The second kappa shape index (κ2) is 4.30. The molecule has 0 aliphatic carbocycles. The predicted octanol–water partition coefficient (Wildman–Crippen LogP) is 2.56. The standard InChI is InChI=1S/C14H20N2/c1-10-5-6-13-12(7-8-15-3)11(2)16(4)14(13)9-10/h5-6,9,15H,7-8H2,1-4H3. The van der Waals surface area contributed by atoms with Crippen LogP contribution in [0.4, 0.5) is 0 Å². The maximum Gasteiger partial charge on any atom is 0.0485 e. The minimum Gasteiger partial charge on any atom is -0.348 e. The summed E-state index contributed by atoms with van der Waals surface area (Å²) in [6.07, 6.45) is 1.10. The third kappa shape index (κ3) is 1.74. The van der Waals surface area contributed by atoms with Crippen molar-refractivity contribution in [2.75, 3.05) is 13.6 Å². The fourth-order valence-corrected chi connectivity index (χ4v) is 2.32. The van der Waals surface area contributed by atoms with E-state index in [1.54, 1.807) is 0 Å². The molecule has 0 bridgehead atoms. The number of aryl methyl sites for hydroxylation is 2. The summed E-state index contributed by atoms with van der Waals surface area (Å²) in [6.45, 7) is 5.39. The van der Waals surface area contributed by atoms with Gasteiger partial charge in [-0.3, -0.25) is 0 Å². The molecule has 0 atom stereocenters. The Labute approximate surface area is 97.3 Å². The van der Waals surface area contributed by atoms with Gasteiger partial charge in [0.2, 0.25) is 0 Å². The summed E-state index contributed by atoms with van der Waals surface area (Å²) in [5.41, 5.74) is 5.54. The summed E-state index contributed by atoms with van der Waals surface area (Å²) in [5, 5.41) is 4.62. The van der Waals surface area contributed by atoms with Crippen LogP contribution in [0.25, 0.3) is 10.9 Å². The molecular formula is C14H20N2. The van der Waals surface area contributed by atoms with Crippen LogP contribution in [-0.4, -0.2) is 18.2 Å². The van der Waals surface area contributed by atoms with E-state index < -0.39 is 0 Å². The van der Waals surface area contributed by atoms with Gasteiger partial charge in [0.25, 0.3) is 0 Å². The average molecular weight is 216 g/mol. The SMILES string of the molecule is CNCCc1c(C)n(C)c2cc(C)ccc12. The summed E-state index contributed by atoms with van der Waals surface area (Å²) >= 11 is 0. The molecule has 0 saturated carbocycles. The van der Waals surface area contributed by atoms with Crippen LogP contribution in [0, 0.1) is 13.8 Å². The van der Waals surface area contributed by atoms with Crippen molar-refractivity contribution in [3.63, 3.8) is 0 Å². The molecular weight excluding hydrogens is 196 g/mol. The number of nitrogens with one attached hydrogen (secondary N) is 1. The zero-order valence-electron chi connectivity index (χ0n) is 10.6. The van der Waals surface area contributed by atoms with Crippen LogP contribution in [-0.2, 0) is 13.5 Å². The maximum absolute atomic E-state index is 3.22. The molecule has 0 radical (unpaired) electrons. The number of rotatable bonds is 3. The molecule has 1 N–H and O–H groups in total. The first-order valence-corrected chi connectivity index (χ1v) is 5.84. The van der Waals surface area contributed by atoms with Crippen LogP contribution in [0.15, 0.2) is 18.2 Å². The van der Waals surface area contributed by atoms with Crippen molar-refractivity contribution in [3.05, 3.63) is 35.0 Å². The number of hydrogen-bond acceptors (Lipinski definition) is 1. The summed E-state index contributed by atoms with van der Waals surface area (Å²) in [5.74, 6) is 0. The largest absolute Gasteiger partial charge is 0.348 e. The quantitative estimate of drug-likeness (QED) is 0.834. The third-order valence-corrected chi connectivity index (χ3v) is 3.40. The second-order valence-electron chi connectivity index (χ2n) is 4.50. The van der Waals surface area contributed by atoms with Crippen LogP contribution < -0.4 is 5.32 Å². The van der Waals surface area contributed by atoms with Gasteiger partial charge in [-0.1, -0.05) is 12.1 Å². The van der Waals surface area contributed by atoms with Gasteiger partial charge < -0.3 is 9.88 Å².